The maximum Gasteiger partial charge on any atom is 0.298 e. The van der Waals surface area contributed by atoms with E-state index in [2.05, 4.69) is 29.6 Å². The van der Waals surface area contributed by atoms with Crippen LogP contribution < -0.4 is 0 Å². The Morgan fingerprint density at radius 3 is 2.29 bits per heavy atom. The van der Waals surface area contributed by atoms with Gasteiger partial charge >= 0.3 is 0 Å². The van der Waals surface area contributed by atoms with Crippen molar-refractivity contribution in [3.05, 3.63) is 0 Å². The molecule has 0 saturated heterocycles. The molecule has 8 heteroatoms. The molecule has 1 atom stereocenters. The van der Waals surface area contributed by atoms with Gasteiger partial charge in [-0.05, 0) is 12.8 Å². The van der Waals surface area contributed by atoms with Gasteiger partial charge in [-0.25, -0.2) is 4.89 Å². The van der Waals surface area contributed by atoms with Gasteiger partial charge in [-0.3, -0.25) is 4.18 Å². The fraction of sp³-hybridized carbons (Fsp3) is 1.00. The molecule has 0 aromatic rings. The van der Waals surface area contributed by atoms with Crippen LogP contribution in [0.15, 0.2) is 0 Å². The van der Waals surface area contributed by atoms with E-state index in [1.165, 1.54) is 0 Å². The number of hydrogen-bond donors (Lipinski definition) is 0. The molecule has 0 aromatic heterocycles. The standard InChI is InChI=1S/C6H14O5S2.Na/c1-3-5-8-10-11-13(7,12)9-6-4-2;/h3-6H2,1-2H3;. The van der Waals surface area contributed by atoms with Crippen molar-refractivity contribution in [3.8, 4) is 0 Å². The predicted octanol–water partition coefficient (Wildman–Crippen LogP) is 0.898. The van der Waals surface area contributed by atoms with Crippen molar-refractivity contribution >= 4 is 49.8 Å². The van der Waals surface area contributed by atoms with Crippen molar-refractivity contribution < 1.29 is 22.7 Å². The van der Waals surface area contributed by atoms with Gasteiger partial charge in [0.2, 0.25) is 0 Å². The van der Waals surface area contributed by atoms with Crippen LogP contribution in [0, 0.1) is 0 Å². The summed E-state index contributed by atoms with van der Waals surface area (Å²) in [5, 5.41) is 4.13. The Hall–Kier alpha value is 1.21. The molecule has 0 bridgehead atoms. The first-order valence-corrected chi connectivity index (χ1v) is 6.32. The average Bonchev–Trinajstić information content (AvgIpc) is 2.09. The van der Waals surface area contributed by atoms with E-state index < -0.39 is 9.05 Å². The van der Waals surface area contributed by atoms with Gasteiger partial charge in [-0.15, -0.1) is 0 Å². The first-order valence-electron chi connectivity index (χ1n) is 3.99. The third kappa shape index (κ3) is 11.3. The summed E-state index contributed by atoms with van der Waals surface area (Å²) in [4.78, 5) is 4.45. The second-order valence-electron chi connectivity index (χ2n) is 2.19. The van der Waals surface area contributed by atoms with Crippen molar-refractivity contribution in [1.82, 2.24) is 0 Å². The van der Waals surface area contributed by atoms with E-state index in [-0.39, 0.29) is 36.2 Å². The summed E-state index contributed by atoms with van der Waals surface area (Å²) in [6.45, 7) is 4.36. The predicted molar refractivity (Wildman–Crippen MR) is 55.9 cm³/mol. The van der Waals surface area contributed by atoms with Gasteiger partial charge in [0.25, 0.3) is 9.05 Å². The minimum Gasteiger partial charge on any atom is -0.268 e. The molecule has 1 radical (unpaired) electrons. The Morgan fingerprint density at radius 2 is 1.79 bits per heavy atom. The van der Waals surface area contributed by atoms with Crippen LogP contribution in [0.1, 0.15) is 26.7 Å². The Morgan fingerprint density at radius 1 is 1.21 bits per heavy atom. The molecular weight excluding hydrogens is 239 g/mol. The third-order valence-corrected chi connectivity index (χ3v) is 2.01. The maximum atomic E-state index is 11.1. The van der Waals surface area contributed by atoms with Crippen molar-refractivity contribution in [2.75, 3.05) is 13.2 Å². The number of rotatable bonds is 8. The van der Waals surface area contributed by atoms with Crippen LogP contribution in [0.25, 0.3) is 0 Å². The first kappa shape index (κ1) is 17.6. The van der Waals surface area contributed by atoms with Gasteiger partial charge in [0.1, 0.15) is 0 Å². The summed E-state index contributed by atoms with van der Waals surface area (Å²) in [6, 6.07) is 0. The molecule has 0 aliphatic carbocycles. The summed E-state index contributed by atoms with van der Waals surface area (Å²) >= 11 is 4.44. The largest absolute Gasteiger partial charge is 0.298 e. The molecule has 81 valence electrons. The van der Waals surface area contributed by atoms with E-state index in [1.807, 2.05) is 13.8 Å². The Balaban J connectivity index is 0. The third-order valence-electron chi connectivity index (χ3n) is 0.878. The van der Waals surface area contributed by atoms with Crippen molar-refractivity contribution in [1.29, 1.82) is 0 Å². The fourth-order valence-electron chi connectivity index (χ4n) is 0.376. The molecule has 0 spiro atoms. The van der Waals surface area contributed by atoms with E-state index in [0.717, 1.165) is 6.42 Å². The van der Waals surface area contributed by atoms with Crippen LogP contribution in [-0.2, 0) is 38.7 Å². The van der Waals surface area contributed by atoms with Crippen molar-refractivity contribution in [2.45, 2.75) is 26.7 Å². The van der Waals surface area contributed by atoms with Crippen LogP contribution in [0.5, 0.6) is 0 Å². The van der Waals surface area contributed by atoms with Gasteiger partial charge in [-0.2, -0.15) is 4.21 Å². The summed E-state index contributed by atoms with van der Waals surface area (Å²) < 4.78 is 20.0. The summed E-state index contributed by atoms with van der Waals surface area (Å²) in [6.07, 6.45) is 1.46. The molecule has 1 unspecified atom stereocenters. The molecule has 0 fully saturated rings. The normalized spacial score (nSPS) is 14.4. The Bertz CT molecular complexity index is 206. The fourth-order valence-corrected chi connectivity index (χ4v) is 1.17. The van der Waals surface area contributed by atoms with E-state index >= 15 is 0 Å². The number of hydrogen-bond acceptors (Lipinski definition) is 6. The van der Waals surface area contributed by atoms with Crippen molar-refractivity contribution in [3.63, 3.8) is 0 Å². The quantitative estimate of drug-likeness (QED) is 0.277. The monoisotopic (exact) mass is 253 g/mol. The zero-order valence-electron chi connectivity index (χ0n) is 8.69. The van der Waals surface area contributed by atoms with E-state index in [0.29, 0.717) is 13.0 Å². The van der Waals surface area contributed by atoms with E-state index in [1.54, 1.807) is 0 Å². The first-order chi connectivity index (χ1) is 6.12. The Kier molecular flexibility index (Phi) is 13.5. The van der Waals surface area contributed by atoms with Gasteiger partial charge in [0.05, 0.1) is 13.2 Å². The molecule has 0 saturated carbocycles. The second kappa shape index (κ2) is 10.7. The SMILES string of the molecule is CCCOOOS(=O)(=S)OCCC.[Na]. The molecule has 0 amide bonds. The molecule has 0 rings (SSSR count). The molecule has 0 aliphatic rings. The smallest absolute Gasteiger partial charge is 0.268 e. The van der Waals surface area contributed by atoms with Crippen LogP contribution in [0.3, 0.4) is 0 Å². The molecular formula is C6H14NaO5S2. The van der Waals surface area contributed by atoms with Gasteiger partial charge in [0.15, 0.2) is 0 Å². The van der Waals surface area contributed by atoms with Gasteiger partial charge < -0.3 is 0 Å². The minimum absolute atomic E-state index is 0. The molecule has 0 heterocycles. The zero-order chi connectivity index (χ0) is 10.2. The Labute approximate surface area is 112 Å². The maximum absolute atomic E-state index is 11.1. The summed E-state index contributed by atoms with van der Waals surface area (Å²) in [5.41, 5.74) is 0. The van der Waals surface area contributed by atoms with E-state index in [4.69, 9.17) is 0 Å². The van der Waals surface area contributed by atoms with Crippen LogP contribution in [-0.4, -0.2) is 47.0 Å². The van der Waals surface area contributed by atoms with Crippen LogP contribution >= 0.6 is 0 Å². The molecule has 5 nitrogen and oxygen atoms in total. The topological polar surface area (TPSA) is 54.0 Å². The molecule has 0 aromatic carbocycles. The molecule has 14 heavy (non-hydrogen) atoms. The van der Waals surface area contributed by atoms with Gasteiger partial charge in [-0.1, -0.05) is 23.2 Å². The summed E-state index contributed by atoms with van der Waals surface area (Å²) in [5.74, 6) is 0. The molecule has 0 N–H and O–H groups in total. The van der Waals surface area contributed by atoms with E-state index in [9.17, 15) is 4.21 Å². The van der Waals surface area contributed by atoms with Crippen LogP contribution in [0.4, 0.5) is 0 Å². The average molecular weight is 253 g/mol. The van der Waals surface area contributed by atoms with Crippen molar-refractivity contribution in [2.24, 2.45) is 0 Å². The second-order valence-corrected chi connectivity index (χ2v) is 4.60. The minimum atomic E-state index is -3.24. The molecule has 0 aliphatic heterocycles. The zero-order valence-corrected chi connectivity index (χ0v) is 12.3. The summed E-state index contributed by atoms with van der Waals surface area (Å²) in [7, 11) is -3.24. The van der Waals surface area contributed by atoms with Crippen LogP contribution in [0.2, 0.25) is 0 Å². The van der Waals surface area contributed by atoms with Gasteiger partial charge in [0, 0.05) is 40.7 Å².